The Morgan fingerprint density at radius 3 is 2.29 bits per heavy atom. The molecule has 0 aliphatic carbocycles. The molecule has 0 fully saturated rings. The van der Waals surface area contributed by atoms with E-state index in [9.17, 15) is 14.4 Å². The van der Waals surface area contributed by atoms with Crippen molar-refractivity contribution in [3.8, 4) is 0 Å². The van der Waals surface area contributed by atoms with Gasteiger partial charge < -0.3 is 20.3 Å². The predicted molar refractivity (Wildman–Crippen MR) is 43.8 cm³/mol. The minimum Gasteiger partial charge on any atom is -0.481 e. The van der Waals surface area contributed by atoms with Gasteiger partial charge in [0.1, 0.15) is 6.04 Å². The molecule has 3 N–H and O–H groups in total. The maximum Gasteiger partial charge on any atom is 0.407 e. The highest BCUT2D eigenvalue weighted by Gasteiger charge is 2.20. The number of ether oxygens (including phenoxy) is 1. The van der Waals surface area contributed by atoms with Crippen LogP contribution in [0.25, 0.3) is 0 Å². The number of alkyl carbamates (subject to hydrolysis) is 1. The molecule has 0 aromatic carbocycles. The van der Waals surface area contributed by atoms with E-state index in [1.807, 2.05) is 5.32 Å². The SMILES string of the molecule is COC(=O)NC(CCC(=O)O)C(=O)O. The number of hydrogen-bond acceptors (Lipinski definition) is 4. The largest absolute Gasteiger partial charge is 0.481 e. The third-order valence-corrected chi connectivity index (χ3v) is 1.42. The minimum atomic E-state index is -1.29. The highest BCUT2D eigenvalue weighted by atomic mass is 16.5. The van der Waals surface area contributed by atoms with Crippen LogP contribution in [0.4, 0.5) is 4.79 Å². The number of carbonyl (C=O) groups is 3. The van der Waals surface area contributed by atoms with Crippen molar-refractivity contribution in [1.29, 1.82) is 0 Å². The lowest BCUT2D eigenvalue weighted by molar-refractivity contribution is -0.140. The topological polar surface area (TPSA) is 113 Å². The molecule has 80 valence electrons. The van der Waals surface area contributed by atoms with Crippen LogP contribution >= 0.6 is 0 Å². The van der Waals surface area contributed by atoms with Gasteiger partial charge in [-0.25, -0.2) is 9.59 Å². The summed E-state index contributed by atoms with van der Waals surface area (Å²) in [4.78, 5) is 31.3. The standard InChI is InChI=1S/C7H11NO6/c1-14-7(13)8-4(6(11)12)2-3-5(9)10/h4H,2-3H2,1H3,(H,8,13)(H,9,10)(H,11,12). The Morgan fingerprint density at radius 1 is 1.36 bits per heavy atom. The molecular formula is C7H11NO6. The van der Waals surface area contributed by atoms with Crippen LogP contribution in [-0.4, -0.2) is 41.4 Å². The van der Waals surface area contributed by atoms with E-state index < -0.39 is 24.1 Å². The highest BCUT2D eigenvalue weighted by molar-refractivity contribution is 5.80. The number of carbonyl (C=O) groups excluding carboxylic acids is 1. The lowest BCUT2D eigenvalue weighted by Gasteiger charge is -2.11. The Morgan fingerprint density at radius 2 is 1.93 bits per heavy atom. The van der Waals surface area contributed by atoms with Crippen LogP contribution in [0.3, 0.4) is 0 Å². The summed E-state index contributed by atoms with van der Waals surface area (Å²) in [5.74, 6) is -2.42. The first-order valence-corrected chi connectivity index (χ1v) is 3.76. The van der Waals surface area contributed by atoms with Gasteiger partial charge in [-0.2, -0.15) is 0 Å². The second kappa shape index (κ2) is 5.79. The van der Waals surface area contributed by atoms with Crippen molar-refractivity contribution in [3.63, 3.8) is 0 Å². The molecule has 1 unspecified atom stereocenters. The van der Waals surface area contributed by atoms with Gasteiger partial charge in [-0.3, -0.25) is 4.79 Å². The monoisotopic (exact) mass is 205 g/mol. The van der Waals surface area contributed by atoms with Crippen molar-refractivity contribution >= 4 is 18.0 Å². The van der Waals surface area contributed by atoms with Crippen molar-refractivity contribution in [1.82, 2.24) is 5.32 Å². The number of methoxy groups -OCH3 is 1. The Kier molecular flexibility index (Phi) is 5.05. The summed E-state index contributed by atoms with van der Waals surface area (Å²) >= 11 is 0. The van der Waals surface area contributed by atoms with Gasteiger partial charge in [0.2, 0.25) is 0 Å². The average molecular weight is 205 g/mol. The molecule has 0 spiro atoms. The van der Waals surface area contributed by atoms with E-state index in [1.54, 1.807) is 0 Å². The highest BCUT2D eigenvalue weighted by Crippen LogP contribution is 1.98. The third kappa shape index (κ3) is 4.96. The summed E-state index contributed by atoms with van der Waals surface area (Å²) in [6.45, 7) is 0. The molecule has 0 saturated heterocycles. The summed E-state index contributed by atoms with van der Waals surface area (Å²) in [5, 5.41) is 18.9. The second-order valence-electron chi connectivity index (χ2n) is 2.46. The Hall–Kier alpha value is -1.79. The number of rotatable bonds is 5. The number of hydrogen-bond donors (Lipinski definition) is 3. The molecule has 1 amide bonds. The van der Waals surface area contributed by atoms with Crippen LogP contribution in [0.15, 0.2) is 0 Å². The lowest BCUT2D eigenvalue weighted by atomic mass is 10.1. The van der Waals surface area contributed by atoms with Gasteiger partial charge in [0.05, 0.1) is 7.11 Å². The number of amides is 1. The number of nitrogens with one attached hydrogen (secondary N) is 1. The van der Waals surface area contributed by atoms with Gasteiger partial charge >= 0.3 is 18.0 Å². The number of carboxylic acid groups (broad SMARTS) is 2. The Labute approximate surface area is 79.7 Å². The summed E-state index contributed by atoms with van der Waals surface area (Å²) < 4.78 is 4.18. The predicted octanol–water partition coefficient (Wildman–Crippen LogP) is -0.340. The van der Waals surface area contributed by atoms with Crippen molar-refractivity contribution in [3.05, 3.63) is 0 Å². The van der Waals surface area contributed by atoms with Gasteiger partial charge in [-0.05, 0) is 6.42 Å². The normalized spacial score (nSPS) is 11.5. The van der Waals surface area contributed by atoms with Crippen molar-refractivity contribution in [2.24, 2.45) is 0 Å². The molecule has 0 aliphatic heterocycles. The molecule has 7 nitrogen and oxygen atoms in total. The van der Waals surface area contributed by atoms with Gasteiger partial charge in [0.25, 0.3) is 0 Å². The van der Waals surface area contributed by atoms with E-state index in [-0.39, 0.29) is 12.8 Å². The zero-order chi connectivity index (χ0) is 11.1. The van der Waals surface area contributed by atoms with Crippen molar-refractivity contribution in [2.75, 3.05) is 7.11 Å². The molecule has 0 aromatic rings. The molecule has 0 heterocycles. The molecule has 0 aromatic heterocycles. The molecule has 0 radical (unpaired) electrons. The lowest BCUT2D eigenvalue weighted by Crippen LogP contribution is -2.40. The average Bonchev–Trinajstić information content (AvgIpc) is 2.10. The molecule has 1 atom stereocenters. The number of aliphatic carboxylic acids is 2. The van der Waals surface area contributed by atoms with Crippen molar-refractivity contribution in [2.45, 2.75) is 18.9 Å². The molecule has 0 bridgehead atoms. The van der Waals surface area contributed by atoms with Crippen molar-refractivity contribution < 1.29 is 29.3 Å². The van der Waals surface area contributed by atoms with Crippen LogP contribution in [0.1, 0.15) is 12.8 Å². The van der Waals surface area contributed by atoms with E-state index in [2.05, 4.69) is 4.74 Å². The summed E-state index contributed by atoms with van der Waals surface area (Å²) in [6, 6.07) is -1.24. The molecular weight excluding hydrogens is 194 g/mol. The molecule has 14 heavy (non-hydrogen) atoms. The first-order chi connectivity index (χ1) is 6.47. The minimum absolute atomic E-state index is 0.181. The smallest absolute Gasteiger partial charge is 0.407 e. The quantitative estimate of drug-likeness (QED) is 0.565. The Bertz CT molecular complexity index is 238. The van der Waals surface area contributed by atoms with Crippen LogP contribution in [0.2, 0.25) is 0 Å². The van der Waals surface area contributed by atoms with E-state index in [4.69, 9.17) is 10.2 Å². The zero-order valence-electron chi connectivity index (χ0n) is 7.52. The van der Waals surface area contributed by atoms with Gasteiger partial charge in [0.15, 0.2) is 0 Å². The van der Waals surface area contributed by atoms with Gasteiger partial charge in [0, 0.05) is 6.42 Å². The van der Waals surface area contributed by atoms with Crippen LogP contribution in [0, 0.1) is 0 Å². The maximum atomic E-state index is 10.6. The summed E-state index contributed by atoms with van der Waals surface area (Å²) in [7, 11) is 1.09. The summed E-state index contributed by atoms with van der Waals surface area (Å²) in [6.07, 6.45) is -1.41. The Balaban J connectivity index is 4.09. The fourth-order valence-electron chi connectivity index (χ4n) is 0.726. The zero-order valence-corrected chi connectivity index (χ0v) is 7.52. The van der Waals surface area contributed by atoms with Gasteiger partial charge in [-0.15, -0.1) is 0 Å². The first kappa shape index (κ1) is 12.2. The van der Waals surface area contributed by atoms with E-state index in [1.165, 1.54) is 0 Å². The summed E-state index contributed by atoms with van der Waals surface area (Å²) in [5.41, 5.74) is 0. The van der Waals surface area contributed by atoms with Crippen LogP contribution < -0.4 is 5.32 Å². The molecule has 0 rings (SSSR count). The van der Waals surface area contributed by atoms with E-state index in [0.29, 0.717) is 0 Å². The third-order valence-electron chi connectivity index (χ3n) is 1.42. The van der Waals surface area contributed by atoms with E-state index in [0.717, 1.165) is 7.11 Å². The first-order valence-electron chi connectivity index (χ1n) is 3.76. The molecule has 0 aliphatic rings. The van der Waals surface area contributed by atoms with E-state index >= 15 is 0 Å². The second-order valence-corrected chi connectivity index (χ2v) is 2.46. The fraction of sp³-hybridized carbons (Fsp3) is 0.571. The number of carboxylic acids is 2. The maximum absolute atomic E-state index is 10.6. The fourth-order valence-corrected chi connectivity index (χ4v) is 0.726. The van der Waals surface area contributed by atoms with Crippen LogP contribution in [0.5, 0.6) is 0 Å². The van der Waals surface area contributed by atoms with Crippen LogP contribution in [-0.2, 0) is 14.3 Å². The molecule has 7 heteroatoms. The molecule has 0 saturated carbocycles. The van der Waals surface area contributed by atoms with Gasteiger partial charge in [-0.1, -0.05) is 0 Å².